The molecular formula is C12H18O3. The van der Waals surface area contributed by atoms with Gasteiger partial charge in [-0.3, -0.25) is 4.79 Å². The Kier molecular flexibility index (Phi) is 7.06. The summed E-state index contributed by atoms with van der Waals surface area (Å²) in [5.41, 5.74) is 0. The molecule has 1 N–H and O–H groups in total. The highest BCUT2D eigenvalue weighted by molar-refractivity contribution is 5.71. The first-order valence-corrected chi connectivity index (χ1v) is 4.98. The average molecular weight is 210 g/mol. The molecule has 0 heterocycles. The fourth-order valence-electron chi connectivity index (χ4n) is 0.737. The van der Waals surface area contributed by atoms with Crippen LogP contribution in [0.5, 0.6) is 5.75 Å². The molecule has 1 aromatic carbocycles. The van der Waals surface area contributed by atoms with Crippen LogP contribution in [-0.2, 0) is 9.53 Å². The van der Waals surface area contributed by atoms with Crippen LogP contribution in [0.3, 0.4) is 0 Å². The molecule has 0 fully saturated rings. The van der Waals surface area contributed by atoms with Gasteiger partial charge in [0.25, 0.3) is 0 Å². The number of phenols is 1. The molecule has 84 valence electrons. The molecule has 0 radical (unpaired) electrons. The minimum absolute atomic E-state index is 0.00921. The number of phenolic OH excluding ortho intramolecular Hbond substituents is 1. The fourth-order valence-corrected chi connectivity index (χ4v) is 0.737. The Morgan fingerprint density at radius 2 is 1.87 bits per heavy atom. The van der Waals surface area contributed by atoms with Crippen LogP contribution in [0.2, 0.25) is 0 Å². The SMILES string of the molecule is CCOC(=O)C(C)C.Oc1ccccc1. The van der Waals surface area contributed by atoms with Crippen molar-refractivity contribution in [2.45, 2.75) is 20.8 Å². The highest BCUT2D eigenvalue weighted by Crippen LogP contribution is 2.02. The summed E-state index contributed by atoms with van der Waals surface area (Å²) in [7, 11) is 0. The highest BCUT2D eigenvalue weighted by atomic mass is 16.5. The van der Waals surface area contributed by atoms with Crippen LogP contribution in [0.15, 0.2) is 30.3 Å². The van der Waals surface area contributed by atoms with Crippen LogP contribution in [-0.4, -0.2) is 17.7 Å². The maximum Gasteiger partial charge on any atom is 0.308 e. The lowest BCUT2D eigenvalue weighted by molar-refractivity contribution is -0.146. The number of benzene rings is 1. The second kappa shape index (κ2) is 7.85. The van der Waals surface area contributed by atoms with Crippen molar-refractivity contribution in [2.24, 2.45) is 5.92 Å². The third-order valence-electron chi connectivity index (χ3n) is 1.51. The Morgan fingerprint density at radius 1 is 1.33 bits per heavy atom. The van der Waals surface area contributed by atoms with Gasteiger partial charge in [-0.05, 0) is 19.1 Å². The van der Waals surface area contributed by atoms with Gasteiger partial charge in [0.2, 0.25) is 0 Å². The first kappa shape index (κ1) is 13.5. The van der Waals surface area contributed by atoms with Gasteiger partial charge in [-0.1, -0.05) is 32.0 Å². The third-order valence-corrected chi connectivity index (χ3v) is 1.51. The van der Waals surface area contributed by atoms with E-state index in [9.17, 15) is 4.79 Å². The molecule has 0 aliphatic heterocycles. The summed E-state index contributed by atoms with van der Waals surface area (Å²) in [4.78, 5) is 10.5. The molecule has 0 spiro atoms. The zero-order valence-electron chi connectivity index (χ0n) is 9.43. The first-order chi connectivity index (χ1) is 7.07. The van der Waals surface area contributed by atoms with Crippen molar-refractivity contribution in [3.8, 4) is 5.75 Å². The summed E-state index contributed by atoms with van der Waals surface area (Å²) < 4.78 is 4.66. The van der Waals surface area contributed by atoms with Gasteiger partial charge < -0.3 is 9.84 Å². The molecular weight excluding hydrogens is 192 g/mol. The van der Waals surface area contributed by atoms with E-state index in [1.807, 2.05) is 19.9 Å². The summed E-state index contributed by atoms with van der Waals surface area (Å²) in [6.45, 7) is 5.92. The van der Waals surface area contributed by atoms with E-state index in [2.05, 4.69) is 4.74 Å². The molecule has 0 unspecified atom stereocenters. The van der Waals surface area contributed by atoms with Crippen molar-refractivity contribution in [2.75, 3.05) is 6.61 Å². The molecule has 0 aromatic heterocycles. The lowest BCUT2D eigenvalue weighted by atomic mass is 10.2. The monoisotopic (exact) mass is 210 g/mol. The molecule has 3 nitrogen and oxygen atoms in total. The summed E-state index contributed by atoms with van der Waals surface area (Å²) in [5, 5.41) is 8.63. The summed E-state index contributed by atoms with van der Waals surface area (Å²) in [6, 6.07) is 8.71. The van der Waals surface area contributed by atoms with E-state index in [1.165, 1.54) is 0 Å². The van der Waals surface area contributed by atoms with Crippen molar-refractivity contribution in [1.29, 1.82) is 0 Å². The first-order valence-electron chi connectivity index (χ1n) is 4.98. The number of carbonyl (C=O) groups is 1. The Hall–Kier alpha value is -1.51. The van der Waals surface area contributed by atoms with Crippen LogP contribution in [0.1, 0.15) is 20.8 Å². The second-order valence-electron chi connectivity index (χ2n) is 3.24. The fraction of sp³-hybridized carbons (Fsp3) is 0.417. The molecule has 1 aromatic rings. The van der Waals surface area contributed by atoms with E-state index in [0.717, 1.165) is 0 Å². The number of para-hydroxylation sites is 1. The largest absolute Gasteiger partial charge is 0.508 e. The van der Waals surface area contributed by atoms with Crippen LogP contribution in [0, 0.1) is 5.92 Å². The van der Waals surface area contributed by atoms with Gasteiger partial charge in [0.1, 0.15) is 5.75 Å². The maximum absolute atomic E-state index is 10.5. The van der Waals surface area contributed by atoms with Crippen LogP contribution >= 0.6 is 0 Å². The van der Waals surface area contributed by atoms with E-state index >= 15 is 0 Å². The number of ether oxygens (including phenoxy) is 1. The number of hydrogen-bond donors (Lipinski definition) is 1. The quantitative estimate of drug-likeness (QED) is 0.763. The minimum Gasteiger partial charge on any atom is -0.508 e. The maximum atomic E-state index is 10.5. The van der Waals surface area contributed by atoms with Gasteiger partial charge in [0.15, 0.2) is 0 Å². The van der Waals surface area contributed by atoms with E-state index in [-0.39, 0.29) is 11.9 Å². The summed E-state index contributed by atoms with van der Waals surface area (Å²) in [5.74, 6) is 0.213. The summed E-state index contributed by atoms with van der Waals surface area (Å²) in [6.07, 6.45) is 0. The minimum atomic E-state index is -0.118. The Balaban J connectivity index is 0.000000262. The van der Waals surface area contributed by atoms with Crippen molar-refractivity contribution >= 4 is 5.97 Å². The van der Waals surface area contributed by atoms with E-state index < -0.39 is 0 Å². The predicted molar refractivity (Wildman–Crippen MR) is 59.6 cm³/mol. The van der Waals surface area contributed by atoms with Gasteiger partial charge in [-0.2, -0.15) is 0 Å². The molecule has 0 aliphatic carbocycles. The van der Waals surface area contributed by atoms with Gasteiger partial charge in [-0.25, -0.2) is 0 Å². The van der Waals surface area contributed by atoms with Crippen LogP contribution in [0.25, 0.3) is 0 Å². The zero-order chi connectivity index (χ0) is 11.7. The van der Waals surface area contributed by atoms with Gasteiger partial charge in [0, 0.05) is 0 Å². The van der Waals surface area contributed by atoms with Gasteiger partial charge >= 0.3 is 5.97 Å². The predicted octanol–water partition coefficient (Wildman–Crippen LogP) is 2.60. The molecule has 3 heteroatoms. The normalized spacial score (nSPS) is 9.07. The average Bonchev–Trinajstić information content (AvgIpc) is 2.20. The number of rotatable bonds is 2. The number of hydrogen-bond acceptors (Lipinski definition) is 3. The van der Waals surface area contributed by atoms with Crippen molar-refractivity contribution in [3.05, 3.63) is 30.3 Å². The van der Waals surface area contributed by atoms with E-state index in [0.29, 0.717) is 12.4 Å². The standard InChI is InChI=1S/C6H12O2.C6H6O/c1-4-8-6(7)5(2)3;7-6-4-2-1-3-5-6/h5H,4H2,1-3H3;1-5,7H. The molecule has 0 bridgehead atoms. The molecule has 0 aliphatic rings. The molecule has 15 heavy (non-hydrogen) atoms. The molecule has 1 rings (SSSR count). The Morgan fingerprint density at radius 3 is 2.07 bits per heavy atom. The van der Waals surface area contributed by atoms with Crippen molar-refractivity contribution in [1.82, 2.24) is 0 Å². The number of aromatic hydroxyl groups is 1. The second-order valence-corrected chi connectivity index (χ2v) is 3.24. The van der Waals surface area contributed by atoms with Gasteiger partial charge in [-0.15, -0.1) is 0 Å². The van der Waals surface area contributed by atoms with E-state index in [4.69, 9.17) is 5.11 Å². The Labute approximate surface area is 90.7 Å². The van der Waals surface area contributed by atoms with Crippen molar-refractivity contribution in [3.63, 3.8) is 0 Å². The molecule has 0 amide bonds. The molecule has 0 atom stereocenters. The number of carbonyl (C=O) groups excluding carboxylic acids is 1. The number of esters is 1. The Bertz CT molecular complexity index is 267. The lowest BCUT2D eigenvalue weighted by Gasteiger charge is -2.01. The van der Waals surface area contributed by atoms with Crippen LogP contribution < -0.4 is 0 Å². The van der Waals surface area contributed by atoms with Crippen LogP contribution in [0.4, 0.5) is 0 Å². The lowest BCUT2D eigenvalue weighted by Crippen LogP contribution is -2.10. The zero-order valence-corrected chi connectivity index (χ0v) is 9.43. The molecule has 0 saturated heterocycles. The summed E-state index contributed by atoms with van der Waals surface area (Å²) >= 11 is 0. The highest BCUT2D eigenvalue weighted by Gasteiger charge is 2.04. The van der Waals surface area contributed by atoms with E-state index in [1.54, 1.807) is 31.2 Å². The van der Waals surface area contributed by atoms with Gasteiger partial charge in [0.05, 0.1) is 12.5 Å². The molecule has 0 saturated carbocycles. The third kappa shape index (κ3) is 7.55. The van der Waals surface area contributed by atoms with Crippen molar-refractivity contribution < 1.29 is 14.6 Å². The topological polar surface area (TPSA) is 46.5 Å². The smallest absolute Gasteiger partial charge is 0.308 e.